The smallest absolute Gasteiger partial charge is 0.237 e. The van der Waals surface area contributed by atoms with Gasteiger partial charge in [-0.25, -0.2) is 0 Å². The molecule has 17 heavy (non-hydrogen) atoms. The first-order valence-corrected chi connectivity index (χ1v) is 6.73. The first-order valence-electron chi connectivity index (χ1n) is 5.79. The second kappa shape index (κ2) is 5.62. The van der Waals surface area contributed by atoms with Gasteiger partial charge in [0.1, 0.15) is 0 Å². The number of carbonyl (C=O) groups is 1. The molecule has 0 spiro atoms. The second-order valence-corrected chi connectivity index (χ2v) is 5.12. The highest BCUT2D eigenvalue weighted by atomic mass is 32.1. The lowest BCUT2D eigenvalue weighted by Crippen LogP contribution is -2.41. The highest BCUT2D eigenvalue weighted by Crippen LogP contribution is 2.17. The van der Waals surface area contributed by atoms with Gasteiger partial charge in [0.05, 0.1) is 18.2 Å². The Bertz CT molecular complexity index is 367. The van der Waals surface area contributed by atoms with Gasteiger partial charge in [0.15, 0.2) is 0 Å². The number of thiophene rings is 1. The predicted octanol–water partition coefficient (Wildman–Crippen LogP) is 1.30. The van der Waals surface area contributed by atoms with Gasteiger partial charge in [0.25, 0.3) is 0 Å². The van der Waals surface area contributed by atoms with Gasteiger partial charge in [0.2, 0.25) is 5.91 Å². The highest BCUT2D eigenvalue weighted by molar-refractivity contribution is 7.07. The number of hydrogen-bond acceptors (Lipinski definition) is 4. The minimum absolute atomic E-state index is 0.0586. The maximum atomic E-state index is 12.0. The van der Waals surface area contributed by atoms with Gasteiger partial charge in [-0.3, -0.25) is 4.79 Å². The van der Waals surface area contributed by atoms with Crippen molar-refractivity contribution in [1.29, 1.82) is 0 Å². The summed E-state index contributed by atoms with van der Waals surface area (Å²) in [4.78, 5) is 12.0. The molecule has 0 aromatic carbocycles. The maximum Gasteiger partial charge on any atom is 0.237 e. The fraction of sp³-hybridized carbons (Fsp3) is 0.583. The van der Waals surface area contributed by atoms with Crippen LogP contribution in [0.1, 0.15) is 24.9 Å². The third-order valence-electron chi connectivity index (χ3n) is 3.14. The number of amides is 1. The van der Waals surface area contributed by atoms with E-state index in [4.69, 9.17) is 4.74 Å². The average Bonchev–Trinajstić information content (AvgIpc) is 3.00. The van der Waals surface area contributed by atoms with Crippen LogP contribution in [0, 0.1) is 0 Å². The fourth-order valence-corrected chi connectivity index (χ4v) is 2.76. The Kier molecular flexibility index (Phi) is 4.15. The van der Waals surface area contributed by atoms with E-state index in [-0.39, 0.29) is 24.1 Å². The van der Waals surface area contributed by atoms with Crippen LogP contribution in [0.4, 0.5) is 0 Å². The molecule has 2 N–H and O–H groups in total. The fourth-order valence-electron chi connectivity index (χ4n) is 2.00. The number of rotatable bonds is 4. The lowest BCUT2D eigenvalue weighted by molar-refractivity contribution is -0.123. The summed E-state index contributed by atoms with van der Waals surface area (Å²) in [6, 6.07) is 1.98. The molecule has 1 amide bonds. The lowest BCUT2D eigenvalue weighted by atomic mass is 10.1. The summed E-state index contributed by atoms with van der Waals surface area (Å²) in [5, 5.41) is 10.3. The van der Waals surface area contributed by atoms with Crippen molar-refractivity contribution in [3.63, 3.8) is 0 Å². The number of methoxy groups -OCH3 is 1. The molecule has 1 aromatic rings. The van der Waals surface area contributed by atoms with E-state index in [0.717, 1.165) is 18.5 Å². The summed E-state index contributed by atoms with van der Waals surface area (Å²) in [5.74, 6) is 0.0586. The van der Waals surface area contributed by atoms with Crippen LogP contribution in [0.25, 0.3) is 0 Å². The molecule has 1 aliphatic rings. The van der Waals surface area contributed by atoms with Gasteiger partial charge in [-0.15, -0.1) is 0 Å². The summed E-state index contributed by atoms with van der Waals surface area (Å²) in [5.41, 5.74) is 1.16. The van der Waals surface area contributed by atoms with Crippen LogP contribution < -0.4 is 10.6 Å². The maximum absolute atomic E-state index is 12.0. The van der Waals surface area contributed by atoms with Crippen molar-refractivity contribution in [2.75, 3.05) is 13.7 Å². The third kappa shape index (κ3) is 3.06. The molecule has 5 heteroatoms. The summed E-state index contributed by atoms with van der Waals surface area (Å²) >= 11 is 1.64. The summed E-state index contributed by atoms with van der Waals surface area (Å²) < 4.78 is 5.23. The molecule has 3 unspecified atom stereocenters. The molecule has 0 saturated carbocycles. The monoisotopic (exact) mass is 254 g/mol. The average molecular weight is 254 g/mol. The topological polar surface area (TPSA) is 50.4 Å². The molecule has 0 aliphatic carbocycles. The van der Waals surface area contributed by atoms with Crippen molar-refractivity contribution in [3.05, 3.63) is 22.4 Å². The van der Waals surface area contributed by atoms with E-state index in [1.54, 1.807) is 18.4 Å². The van der Waals surface area contributed by atoms with Crippen molar-refractivity contribution in [2.24, 2.45) is 0 Å². The van der Waals surface area contributed by atoms with Crippen LogP contribution in [0.15, 0.2) is 16.8 Å². The zero-order valence-corrected chi connectivity index (χ0v) is 10.9. The molecule has 0 bridgehead atoms. The third-order valence-corrected chi connectivity index (χ3v) is 3.84. The summed E-state index contributed by atoms with van der Waals surface area (Å²) in [7, 11) is 1.68. The molecule has 94 valence electrons. The number of ether oxygens (including phenoxy) is 1. The minimum Gasteiger partial charge on any atom is -0.380 e. The van der Waals surface area contributed by atoms with Gasteiger partial charge in [-0.2, -0.15) is 11.3 Å². The van der Waals surface area contributed by atoms with E-state index in [2.05, 4.69) is 16.0 Å². The molecule has 3 atom stereocenters. The highest BCUT2D eigenvalue weighted by Gasteiger charge is 2.29. The largest absolute Gasteiger partial charge is 0.380 e. The Labute approximate surface area is 105 Å². The predicted molar refractivity (Wildman–Crippen MR) is 68.1 cm³/mol. The molecule has 1 saturated heterocycles. The van der Waals surface area contributed by atoms with E-state index >= 15 is 0 Å². The van der Waals surface area contributed by atoms with Crippen LogP contribution >= 0.6 is 11.3 Å². The van der Waals surface area contributed by atoms with Crippen molar-refractivity contribution < 1.29 is 9.53 Å². The molecule has 1 aliphatic heterocycles. The molecule has 4 nitrogen and oxygen atoms in total. The number of hydrogen-bond donors (Lipinski definition) is 2. The van der Waals surface area contributed by atoms with Gasteiger partial charge < -0.3 is 15.4 Å². The van der Waals surface area contributed by atoms with Crippen LogP contribution in [0.3, 0.4) is 0 Å². The Morgan fingerprint density at radius 1 is 1.71 bits per heavy atom. The lowest BCUT2D eigenvalue weighted by Gasteiger charge is -2.16. The molecule has 1 aromatic heterocycles. The Morgan fingerprint density at radius 3 is 3.12 bits per heavy atom. The van der Waals surface area contributed by atoms with Gasteiger partial charge in [-0.1, -0.05) is 0 Å². The zero-order chi connectivity index (χ0) is 12.3. The van der Waals surface area contributed by atoms with E-state index < -0.39 is 0 Å². The van der Waals surface area contributed by atoms with Crippen molar-refractivity contribution in [1.82, 2.24) is 10.6 Å². The second-order valence-electron chi connectivity index (χ2n) is 4.34. The normalized spacial score (nSPS) is 25.8. The molecule has 0 radical (unpaired) electrons. The van der Waals surface area contributed by atoms with Crippen LogP contribution in [-0.2, 0) is 9.53 Å². The summed E-state index contributed by atoms with van der Waals surface area (Å²) in [6.07, 6.45) is 0.904. The summed E-state index contributed by atoms with van der Waals surface area (Å²) in [6.45, 7) is 2.75. The van der Waals surface area contributed by atoms with Gasteiger partial charge in [-0.05, 0) is 35.7 Å². The first-order chi connectivity index (χ1) is 8.20. The number of carbonyl (C=O) groups excluding carboxylic acids is 1. The van der Waals surface area contributed by atoms with Crippen LogP contribution in [0.2, 0.25) is 0 Å². The van der Waals surface area contributed by atoms with Crippen molar-refractivity contribution >= 4 is 17.2 Å². The minimum atomic E-state index is -0.124. The first kappa shape index (κ1) is 12.5. The number of nitrogens with one attached hydrogen (secondary N) is 2. The molecule has 1 fully saturated rings. The molecular weight excluding hydrogens is 236 g/mol. The van der Waals surface area contributed by atoms with Gasteiger partial charge in [0, 0.05) is 13.7 Å². The van der Waals surface area contributed by atoms with E-state index in [1.165, 1.54) is 0 Å². The van der Waals surface area contributed by atoms with Gasteiger partial charge >= 0.3 is 0 Å². The van der Waals surface area contributed by atoms with Crippen molar-refractivity contribution in [3.8, 4) is 0 Å². The molecule has 2 rings (SSSR count). The molecule has 2 heterocycles. The Hall–Kier alpha value is -0.910. The van der Waals surface area contributed by atoms with Crippen LogP contribution in [0.5, 0.6) is 0 Å². The van der Waals surface area contributed by atoms with Crippen molar-refractivity contribution in [2.45, 2.75) is 31.5 Å². The Balaban J connectivity index is 1.85. The quantitative estimate of drug-likeness (QED) is 0.851. The molecular formula is C12H18N2O2S. The van der Waals surface area contributed by atoms with E-state index in [0.29, 0.717) is 0 Å². The standard InChI is InChI=1S/C12H18N2O2S/c1-8(9-3-4-17-7-9)14-12(15)11-5-10(16-2)6-13-11/h3-4,7-8,10-11,13H,5-6H2,1-2H3,(H,14,15). The zero-order valence-electron chi connectivity index (χ0n) is 10.1. The van der Waals surface area contributed by atoms with E-state index in [1.807, 2.05) is 18.4 Å². The SMILES string of the molecule is COC1CNC(C(=O)NC(C)c2ccsc2)C1. The van der Waals surface area contributed by atoms with Crippen LogP contribution in [-0.4, -0.2) is 31.7 Å². The van der Waals surface area contributed by atoms with E-state index in [9.17, 15) is 4.79 Å². The Morgan fingerprint density at radius 2 is 2.53 bits per heavy atom.